The molecule has 0 N–H and O–H groups in total. The van der Waals surface area contributed by atoms with Crippen LogP contribution >= 0.6 is 0 Å². The number of hydrogen-bond donors (Lipinski definition) is 0. The van der Waals surface area contributed by atoms with Gasteiger partial charge in [0.2, 0.25) is 0 Å². The molecule has 10 aromatic rings. The number of non-ortho nitro benzene ring substituents is 1. The normalized spacial score (nSPS) is 16.7. The standard InChI is InChI=1S/C70H61NO12/c72-59-39-60(56-33-37-58(38-34-56)76-42-50-21-9-2-10-22-50)82-67-64(59)61(77-43-51-23-11-3-12-24-51)40-62(78-44-52-25-13-4-14-26-52)65(67)68-70(81-47-55-31-35-57(36-32-55)71(73)74)69(80-46-54-29-17-6-18-30-54)66(79-45-53-27-15-5-16-28-53)63(83-68)48-75-41-49-19-7-1-8-20-49/h1-40,63,66,68-70H,41-48H2/t63-,66-,68+,69+,70+/m1/s1. The fourth-order valence-electron chi connectivity index (χ4n) is 10.0. The molecular weight excluding hydrogens is 1050 g/mol. The number of nitro groups is 1. The zero-order chi connectivity index (χ0) is 56.6. The summed E-state index contributed by atoms with van der Waals surface area (Å²) in [5, 5.41) is 12.0. The molecule has 0 radical (unpaired) electrons. The fourth-order valence-corrected chi connectivity index (χ4v) is 10.0. The molecule has 11 rings (SSSR count). The Morgan fingerprint density at radius 2 is 0.867 bits per heavy atom. The number of hydrogen-bond acceptors (Lipinski definition) is 12. The van der Waals surface area contributed by atoms with Crippen molar-refractivity contribution >= 4 is 16.7 Å². The molecule has 83 heavy (non-hydrogen) atoms. The third-order valence-corrected chi connectivity index (χ3v) is 14.3. The minimum atomic E-state index is -1.15. The summed E-state index contributed by atoms with van der Waals surface area (Å²) in [5.74, 6) is 1.40. The van der Waals surface area contributed by atoms with Gasteiger partial charge in [0.05, 0.1) is 43.5 Å². The van der Waals surface area contributed by atoms with E-state index in [1.165, 1.54) is 18.2 Å². The van der Waals surface area contributed by atoms with E-state index in [-0.39, 0.29) is 85.6 Å². The van der Waals surface area contributed by atoms with Crippen molar-refractivity contribution in [3.8, 4) is 28.6 Å². The summed E-state index contributed by atoms with van der Waals surface area (Å²) in [7, 11) is 0. The topological polar surface area (TPSA) is 147 Å². The van der Waals surface area contributed by atoms with E-state index in [0.29, 0.717) is 29.0 Å². The fraction of sp³-hybridized carbons (Fsp3) is 0.186. The Bertz CT molecular complexity index is 3710. The maximum absolute atomic E-state index is 15.3. The lowest BCUT2D eigenvalue weighted by Crippen LogP contribution is -2.58. The maximum atomic E-state index is 15.3. The molecule has 0 saturated carbocycles. The van der Waals surface area contributed by atoms with Crippen molar-refractivity contribution in [2.45, 2.75) is 76.8 Å². The first-order valence-electron chi connectivity index (χ1n) is 27.6. The maximum Gasteiger partial charge on any atom is 0.269 e. The molecule has 13 nitrogen and oxygen atoms in total. The Morgan fingerprint density at radius 3 is 1.37 bits per heavy atom. The lowest BCUT2D eigenvalue weighted by molar-refractivity contribution is -0.384. The molecule has 1 aliphatic rings. The average Bonchev–Trinajstić information content (AvgIpc) is 3.61. The second kappa shape index (κ2) is 27.5. The van der Waals surface area contributed by atoms with Gasteiger partial charge in [0.1, 0.15) is 78.7 Å². The van der Waals surface area contributed by atoms with E-state index in [2.05, 4.69) is 0 Å². The van der Waals surface area contributed by atoms with Gasteiger partial charge in [-0.15, -0.1) is 0 Å². The first-order valence-corrected chi connectivity index (χ1v) is 27.6. The lowest BCUT2D eigenvalue weighted by Gasteiger charge is -2.46. The van der Waals surface area contributed by atoms with Crippen LogP contribution in [-0.4, -0.2) is 35.9 Å². The van der Waals surface area contributed by atoms with Crippen LogP contribution in [0.25, 0.3) is 22.3 Å². The highest BCUT2D eigenvalue weighted by Gasteiger charge is 2.51. The van der Waals surface area contributed by atoms with Crippen molar-refractivity contribution in [3.63, 3.8) is 0 Å². The second-order valence-electron chi connectivity index (χ2n) is 20.1. The van der Waals surface area contributed by atoms with E-state index in [0.717, 1.165) is 33.4 Å². The van der Waals surface area contributed by atoms with E-state index in [9.17, 15) is 10.1 Å². The molecule has 13 heteroatoms. The summed E-state index contributed by atoms with van der Waals surface area (Å²) >= 11 is 0. The van der Waals surface area contributed by atoms with E-state index in [4.69, 9.17) is 42.3 Å². The first-order chi connectivity index (χ1) is 40.9. The number of nitro benzene ring substituents is 1. The van der Waals surface area contributed by atoms with Gasteiger partial charge in [-0.05, 0) is 75.3 Å². The molecule has 0 unspecified atom stereocenters. The van der Waals surface area contributed by atoms with Crippen LogP contribution in [0, 0.1) is 10.1 Å². The number of nitrogens with zero attached hydrogens (tertiary/aromatic N) is 1. The molecule has 1 aliphatic heterocycles. The minimum absolute atomic E-state index is 0.0371. The van der Waals surface area contributed by atoms with Crippen LogP contribution in [0.4, 0.5) is 5.69 Å². The molecule has 0 bridgehead atoms. The van der Waals surface area contributed by atoms with Crippen LogP contribution in [0.15, 0.2) is 252 Å². The van der Waals surface area contributed by atoms with Gasteiger partial charge in [0, 0.05) is 29.8 Å². The summed E-state index contributed by atoms with van der Waals surface area (Å²) in [6, 6.07) is 75.7. The molecule has 1 saturated heterocycles. The number of ether oxygens (including phenoxy) is 8. The summed E-state index contributed by atoms with van der Waals surface area (Å²) in [6.45, 7) is 1.19. The summed E-state index contributed by atoms with van der Waals surface area (Å²) in [6.07, 6.45) is -4.83. The van der Waals surface area contributed by atoms with Crippen molar-refractivity contribution < 1.29 is 47.2 Å². The Hall–Kier alpha value is -9.21. The summed E-state index contributed by atoms with van der Waals surface area (Å²) < 4.78 is 62.6. The molecule has 1 fully saturated rings. The zero-order valence-corrected chi connectivity index (χ0v) is 45.5. The summed E-state index contributed by atoms with van der Waals surface area (Å²) in [5.41, 5.74) is 6.83. The molecular formula is C70H61NO12. The van der Waals surface area contributed by atoms with Crippen LogP contribution in [0.2, 0.25) is 0 Å². The van der Waals surface area contributed by atoms with Gasteiger partial charge in [-0.1, -0.05) is 182 Å². The Morgan fingerprint density at radius 1 is 0.434 bits per heavy atom. The highest BCUT2D eigenvalue weighted by atomic mass is 16.6. The van der Waals surface area contributed by atoms with Gasteiger partial charge in [-0.25, -0.2) is 0 Å². The van der Waals surface area contributed by atoms with Crippen LogP contribution in [-0.2, 0) is 69.9 Å². The van der Waals surface area contributed by atoms with Crippen molar-refractivity contribution in [2.75, 3.05) is 6.61 Å². The number of fused-ring (bicyclic) bond motifs is 1. The molecule has 1 aromatic heterocycles. The molecule has 0 aliphatic carbocycles. The Labute approximate surface area is 481 Å². The lowest BCUT2D eigenvalue weighted by atomic mass is 9.88. The van der Waals surface area contributed by atoms with Crippen molar-refractivity contribution in [1.82, 2.24) is 0 Å². The third-order valence-electron chi connectivity index (χ3n) is 14.3. The highest BCUT2D eigenvalue weighted by molar-refractivity contribution is 5.90. The van der Waals surface area contributed by atoms with Gasteiger partial charge in [-0.3, -0.25) is 14.9 Å². The van der Waals surface area contributed by atoms with Crippen molar-refractivity contribution in [1.29, 1.82) is 0 Å². The van der Waals surface area contributed by atoms with Gasteiger partial charge in [0.25, 0.3) is 5.69 Å². The molecule has 0 amide bonds. The quantitative estimate of drug-likeness (QED) is 0.0396. The van der Waals surface area contributed by atoms with Crippen LogP contribution in [0.1, 0.15) is 50.6 Å². The predicted octanol–water partition coefficient (Wildman–Crippen LogP) is 14.5. The average molecular weight is 1110 g/mol. The smallest absolute Gasteiger partial charge is 0.269 e. The van der Waals surface area contributed by atoms with E-state index < -0.39 is 35.4 Å². The van der Waals surface area contributed by atoms with Gasteiger partial charge in [-0.2, -0.15) is 0 Å². The van der Waals surface area contributed by atoms with Gasteiger partial charge in [0.15, 0.2) is 11.0 Å². The molecule has 2 heterocycles. The zero-order valence-electron chi connectivity index (χ0n) is 45.5. The molecule has 0 spiro atoms. The molecule has 5 atom stereocenters. The van der Waals surface area contributed by atoms with E-state index >= 15 is 4.79 Å². The number of benzene rings is 9. The summed E-state index contributed by atoms with van der Waals surface area (Å²) in [4.78, 5) is 26.7. The number of rotatable bonds is 25. The van der Waals surface area contributed by atoms with Gasteiger partial charge >= 0.3 is 0 Å². The molecule has 418 valence electrons. The monoisotopic (exact) mass is 1110 g/mol. The van der Waals surface area contributed by atoms with Crippen LogP contribution in [0.3, 0.4) is 0 Å². The van der Waals surface area contributed by atoms with E-state index in [1.54, 1.807) is 18.2 Å². The SMILES string of the molecule is O=c1cc(-c2ccc(OCc3ccccc3)cc2)oc2c([C@@H]3O[C@H](COCc4ccccc4)[C@@H](OCc4ccccc4)[C@H](OCc4ccccc4)[C@H]3OCc3ccc([N+](=O)[O-])cc3)c(OCc3ccccc3)cc(OCc3ccccc3)c12. The van der Waals surface area contributed by atoms with Crippen LogP contribution < -0.4 is 19.6 Å². The van der Waals surface area contributed by atoms with E-state index in [1.807, 2.05) is 206 Å². The van der Waals surface area contributed by atoms with Crippen LogP contribution in [0.5, 0.6) is 17.2 Å². The Kier molecular flexibility index (Phi) is 18.5. The van der Waals surface area contributed by atoms with Crippen molar-refractivity contribution in [3.05, 3.63) is 307 Å². The Balaban J connectivity index is 1.10. The van der Waals surface area contributed by atoms with Gasteiger partial charge < -0.3 is 42.3 Å². The second-order valence-corrected chi connectivity index (χ2v) is 20.1. The predicted molar refractivity (Wildman–Crippen MR) is 316 cm³/mol. The minimum Gasteiger partial charge on any atom is -0.489 e. The molecule has 9 aromatic carbocycles. The highest BCUT2D eigenvalue weighted by Crippen LogP contribution is 2.47. The largest absolute Gasteiger partial charge is 0.489 e. The van der Waals surface area contributed by atoms with Crippen molar-refractivity contribution in [2.24, 2.45) is 0 Å². The third kappa shape index (κ3) is 14.5. The first kappa shape index (κ1) is 55.7.